The molecule has 1 aliphatic rings. The number of amides is 1. The van der Waals surface area contributed by atoms with Crippen LogP contribution in [0, 0.1) is 0 Å². The summed E-state index contributed by atoms with van der Waals surface area (Å²) in [7, 11) is 3.49. The lowest BCUT2D eigenvalue weighted by atomic mass is 10.1. The van der Waals surface area contributed by atoms with Gasteiger partial charge >= 0.3 is 5.97 Å². The van der Waals surface area contributed by atoms with E-state index in [2.05, 4.69) is 10.2 Å². The normalized spacial score (nSPS) is 18.6. The summed E-state index contributed by atoms with van der Waals surface area (Å²) in [4.78, 5) is 27.6. The summed E-state index contributed by atoms with van der Waals surface area (Å²) in [6.07, 6.45) is 2.79. The minimum Gasteiger partial charge on any atom is -0.497 e. The fourth-order valence-corrected chi connectivity index (χ4v) is 3.56. The molecule has 0 spiro atoms. The van der Waals surface area contributed by atoms with Crippen molar-refractivity contribution in [2.45, 2.75) is 44.8 Å². The average Bonchev–Trinajstić information content (AvgIpc) is 2.91. The molecule has 1 heterocycles. The largest absolute Gasteiger partial charge is 0.497 e. The Labute approximate surface area is 173 Å². The van der Waals surface area contributed by atoms with Gasteiger partial charge in [0.2, 0.25) is 5.91 Å². The molecule has 2 atom stereocenters. The van der Waals surface area contributed by atoms with E-state index >= 15 is 0 Å². The fraction of sp³-hybridized carbons (Fsp3) is 0.600. The Kier molecular flexibility index (Phi) is 10.3. The molecule has 1 aromatic carbocycles. The number of hydrogen-bond donors (Lipinski definition) is 2. The van der Waals surface area contributed by atoms with Gasteiger partial charge in [-0.2, -0.15) is 0 Å². The van der Waals surface area contributed by atoms with Gasteiger partial charge in [-0.1, -0.05) is 12.1 Å². The Morgan fingerprint density at radius 2 is 2.11 bits per heavy atom. The second-order valence-corrected chi connectivity index (χ2v) is 7.17. The van der Waals surface area contributed by atoms with Crippen molar-refractivity contribution >= 4 is 24.3 Å². The van der Waals surface area contributed by atoms with Crippen LogP contribution in [0.15, 0.2) is 24.3 Å². The molecule has 8 heteroatoms. The molecule has 1 aromatic rings. The van der Waals surface area contributed by atoms with Gasteiger partial charge in [-0.05, 0) is 57.5 Å². The van der Waals surface area contributed by atoms with Crippen LogP contribution in [0.4, 0.5) is 0 Å². The highest BCUT2D eigenvalue weighted by molar-refractivity contribution is 5.85. The molecule has 28 heavy (non-hydrogen) atoms. The van der Waals surface area contributed by atoms with E-state index in [9.17, 15) is 9.59 Å². The number of halogens is 1. The van der Waals surface area contributed by atoms with Crippen molar-refractivity contribution in [3.8, 4) is 5.75 Å². The van der Waals surface area contributed by atoms with E-state index in [1.54, 1.807) is 7.11 Å². The maximum atomic E-state index is 12.6. The second-order valence-electron chi connectivity index (χ2n) is 7.17. The molecule has 0 aliphatic carbocycles. The predicted molar refractivity (Wildman–Crippen MR) is 111 cm³/mol. The van der Waals surface area contributed by atoms with Crippen LogP contribution in [0.25, 0.3) is 0 Å². The number of carboxylic acid groups (broad SMARTS) is 1. The number of hydrogen-bond acceptors (Lipinski definition) is 5. The molecule has 2 rings (SSSR count). The van der Waals surface area contributed by atoms with Gasteiger partial charge in [0.1, 0.15) is 5.75 Å². The van der Waals surface area contributed by atoms with Gasteiger partial charge < -0.3 is 15.2 Å². The zero-order valence-electron chi connectivity index (χ0n) is 16.9. The van der Waals surface area contributed by atoms with Crippen molar-refractivity contribution in [3.63, 3.8) is 0 Å². The third-order valence-electron chi connectivity index (χ3n) is 5.27. The zero-order valence-corrected chi connectivity index (χ0v) is 17.7. The van der Waals surface area contributed by atoms with Gasteiger partial charge in [-0.15, -0.1) is 12.4 Å². The molecule has 0 radical (unpaired) electrons. The first-order valence-electron chi connectivity index (χ1n) is 9.47. The molecular formula is C20H32ClN3O4. The van der Waals surface area contributed by atoms with Crippen LogP contribution in [0.3, 0.4) is 0 Å². The molecule has 1 fully saturated rings. The summed E-state index contributed by atoms with van der Waals surface area (Å²) in [6.45, 7) is 4.11. The number of ether oxygens (including phenoxy) is 1. The molecule has 0 bridgehead atoms. The van der Waals surface area contributed by atoms with E-state index in [0.29, 0.717) is 6.54 Å². The number of aliphatic carboxylic acids is 1. The second kappa shape index (κ2) is 11.9. The Morgan fingerprint density at radius 1 is 1.36 bits per heavy atom. The molecular weight excluding hydrogens is 382 g/mol. The standard InChI is InChI=1S/C20H31N3O4.ClH/c1-15(20(26)21-13-16-6-4-8-18(12-16)27-3)23-10-5-7-17(9-11-23)22(2)14-19(24)25;/h4,6,8,12,15,17H,5,7,9-11,13-14H2,1-3H3,(H,21,26)(H,24,25);1H. The number of carboxylic acids is 1. The highest BCUT2D eigenvalue weighted by Crippen LogP contribution is 2.18. The molecule has 0 saturated carbocycles. The monoisotopic (exact) mass is 413 g/mol. The number of benzene rings is 1. The Hall–Kier alpha value is -1.83. The number of likely N-dealkylation sites (tertiary alicyclic amines) is 1. The number of methoxy groups -OCH3 is 1. The summed E-state index contributed by atoms with van der Waals surface area (Å²) in [5.41, 5.74) is 1.00. The first-order chi connectivity index (χ1) is 12.9. The lowest BCUT2D eigenvalue weighted by molar-refractivity contribution is -0.138. The van der Waals surface area contributed by atoms with Crippen molar-refractivity contribution in [2.24, 2.45) is 0 Å². The molecule has 1 amide bonds. The van der Waals surface area contributed by atoms with Gasteiger partial charge in [0.05, 0.1) is 19.7 Å². The van der Waals surface area contributed by atoms with Crippen molar-refractivity contribution in [2.75, 3.05) is 33.8 Å². The van der Waals surface area contributed by atoms with Crippen LogP contribution in [0.5, 0.6) is 5.75 Å². The third-order valence-corrected chi connectivity index (χ3v) is 5.27. The van der Waals surface area contributed by atoms with Crippen LogP contribution >= 0.6 is 12.4 Å². The minimum atomic E-state index is -0.802. The quantitative estimate of drug-likeness (QED) is 0.678. The molecule has 2 unspecified atom stereocenters. The van der Waals surface area contributed by atoms with E-state index in [1.165, 1.54) is 0 Å². The minimum absolute atomic E-state index is 0. The molecule has 2 N–H and O–H groups in total. The molecule has 158 valence electrons. The van der Waals surface area contributed by atoms with Gasteiger partial charge in [0.25, 0.3) is 0 Å². The van der Waals surface area contributed by atoms with Gasteiger partial charge in [-0.3, -0.25) is 19.4 Å². The van der Waals surface area contributed by atoms with E-state index in [0.717, 1.165) is 43.7 Å². The van der Waals surface area contributed by atoms with E-state index < -0.39 is 5.97 Å². The smallest absolute Gasteiger partial charge is 0.317 e. The molecule has 1 saturated heterocycles. The Bertz CT molecular complexity index is 644. The molecule has 7 nitrogen and oxygen atoms in total. The van der Waals surface area contributed by atoms with Crippen molar-refractivity contribution in [1.82, 2.24) is 15.1 Å². The lowest BCUT2D eigenvalue weighted by Gasteiger charge is -2.28. The SMILES string of the molecule is COc1cccc(CNC(=O)C(C)N2CCCC(N(C)CC(=O)O)CC2)c1.Cl. The fourth-order valence-electron chi connectivity index (χ4n) is 3.56. The van der Waals surface area contributed by atoms with Gasteiger partial charge in [0, 0.05) is 19.1 Å². The first kappa shape index (κ1) is 24.2. The maximum absolute atomic E-state index is 12.6. The molecule has 1 aliphatic heterocycles. The summed E-state index contributed by atoms with van der Waals surface area (Å²) in [5, 5.41) is 12.0. The topological polar surface area (TPSA) is 82.1 Å². The highest BCUT2D eigenvalue weighted by atomic mass is 35.5. The number of nitrogens with zero attached hydrogens (tertiary/aromatic N) is 2. The van der Waals surface area contributed by atoms with Crippen molar-refractivity contribution in [1.29, 1.82) is 0 Å². The Morgan fingerprint density at radius 3 is 2.79 bits per heavy atom. The summed E-state index contributed by atoms with van der Waals surface area (Å²) < 4.78 is 5.21. The average molecular weight is 414 g/mol. The summed E-state index contributed by atoms with van der Waals surface area (Å²) in [6, 6.07) is 7.70. The van der Waals surface area contributed by atoms with Crippen LogP contribution in [0.1, 0.15) is 31.7 Å². The highest BCUT2D eigenvalue weighted by Gasteiger charge is 2.26. The number of carbonyl (C=O) groups is 2. The zero-order chi connectivity index (χ0) is 19.8. The molecule has 0 aromatic heterocycles. The number of nitrogens with one attached hydrogen (secondary N) is 1. The summed E-state index contributed by atoms with van der Waals surface area (Å²) >= 11 is 0. The van der Waals surface area contributed by atoms with E-state index in [-0.39, 0.29) is 36.9 Å². The van der Waals surface area contributed by atoms with Gasteiger partial charge in [-0.25, -0.2) is 0 Å². The maximum Gasteiger partial charge on any atom is 0.317 e. The first-order valence-corrected chi connectivity index (χ1v) is 9.47. The van der Waals surface area contributed by atoms with E-state index in [4.69, 9.17) is 9.84 Å². The van der Waals surface area contributed by atoms with Crippen molar-refractivity contribution in [3.05, 3.63) is 29.8 Å². The van der Waals surface area contributed by atoms with E-state index in [1.807, 2.05) is 43.1 Å². The Balaban J connectivity index is 0.00000392. The number of likely N-dealkylation sites (N-methyl/N-ethyl adjacent to an activating group) is 1. The number of carbonyl (C=O) groups excluding carboxylic acids is 1. The predicted octanol–water partition coefficient (Wildman–Crippen LogP) is 1.99. The lowest BCUT2D eigenvalue weighted by Crippen LogP contribution is -2.45. The number of rotatable bonds is 8. The van der Waals surface area contributed by atoms with Gasteiger partial charge in [0.15, 0.2) is 0 Å². The van der Waals surface area contributed by atoms with Crippen LogP contribution < -0.4 is 10.1 Å². The van der Waals surface area contributed by atoms with Crippen LogP contribution in [-0.4, -0.2) is 72.7 Å². The summed E-state index contributed by atoms with van der Waals surface area (Å²) in [5.74, 6) is -0.0158. The van der Waals surface area contributed by atoms with Crippen LogP contribution in [-0.2, 0) is 16.1 Å². The third kappa shape index (κ3) is 7.30. The van der Waals surface area contributed by atoms with Crippen LogP contribution in [0.2, 0.25) is 0 Å². The van der Waals surface area contributed by atoms with Crippen molar-refractivity contribution < 1.29 is 19.4 Å².